The van der Waals surface area contributed by atoms with Gasteiger partial charge >= 0.3 is 0 Å². The maximum absolute atomic E-state index is 4.49. The minimum absolute atomic E-state index is 0.912. The van der Waals surface area contributed by atoms with Crippen LogP contribution in [0.4, 0.5) is 5.82 Å². The average molecular weight is 308 g/mol. The Balaban J connectivity index is 1.37. The zero-order valence-corrected chi connectivity index (χ0v) is 13.0. The summed E-state index contributed by atoms with van der Waals surface area (Å²) in [5.74, 6) is 1.05. The van der Waals surface area contributed by atoms with Crippen molar-refractivity contribution in [1.82, 2.24) is 24.8 Å². The molecule has 3 aromatic heterocycles. The number of H-pyrrole nitrogens is 1. The second-order valence-electron chi connectivity index (χ2n) is 5.87. The van der Waals surface area contributed by atoms with Crippen molar-refractivity contribution in [3.05, 3.63) is 48.7 Å². The van der Waals surface area contributed by atoms with Gasteiger partial charge < -0.3 is 9.88 Å². The fourth-order valence-electron chi connectivity index (χ4n) is 3.13. The first-order valence-corrected chi connectivity index (χ1v) is 8.04. The van der Waals surface area contributed by atoms with Crippen LogP contribution in [0.2, 0.25) is 0 Å². The van der Waals surface area contributed by atoms with E-state index in [0.29, 0.717) is 0 Å². The predicted octanol–water partition coefficient (Wildman–Crippen LogP) is 1.72. The highest BCUT2D eigenvalue weighted by atomic mass is 15.3. The van der Waals surface area contributed by atoms with Gasteiger partial charge in [0.05, 0.1) is 5.39 Å². The Bertz CT molecular complexity index is 761. The second kappa shape index (κ2) is 6.34. The highest BCUT2D eigenvalue weighted by Gasteiger charge is 2.19. The van der Waals surface area contributed by atoms with Gasteiger partial charge in [-0.15, -0.1) is 0 Å². The number of aromatic amines is 1. The van der Waals surface area contributed by atoms with Crippen molar-refractivity contribution in [2.24, 2.45) is 0 Å². The summed E-state index contributed by atoms with van der Waals surface area (Å²) in [6.07, 6.45) is 8.38. The third-order valence-electron chi connectivity index (χ3n) is 4.47. The summed E-state index contributed by atoms with van der Waals surface area (Å²) >= 11 is 0. The van der Waals surface area contributed by atoms with E-state index in [4.69, 9.17) is 0 Å². The molecule has 1 aliphatic heterocycles. The lowest BCUT2D eigenvalue weighted by Crippen LogP contribution is -2.47. The smallest absolute Gasteiger partial charge is 0.142 e. The molecule has 1 aliphatic rings. The molecule has 0 amide bonds. The Morgan fingerprint density at radius 3 is 2.65 bits per heavy atom. The first-order chi connectivity index (χ1) is 11.4. The molecular weight excluding hydrogens is 288 g/mol. The lowest BCUT2D eigenvalue weighted by molar-refractivity contribution is 0.260. The molecule has 4 rings (SSSR count). The Kier molecular flexibility index (Phi) is 3.90. The SMILES string of the molecule is c1cc(CCN2CCN(c3ncnc4[nH]ccc34)CC2)ccn1. The summed E-state index contributed by atoms with van der Waals surface area (Å²) in [4.78, 5) is 20.9. The lowest BCUT2D eigenvalue weighted by Gasteiger charge is -2.35. The van der Waals surface area contributed by atoms with E-state index >= 15 is 0 Å². The van der Waals surface area contributed by atoms with Crippen LogP contribution in [0, 0.1) is 0 Å². The minimum Gasteiger partial charge on any atom is -0.353 e. The summed E-state index contributed by atoms with van der Waals surface area (Å²) < 4.78 is 0. The number of nitrogens with one attached hydrogen (secondary N) is 1. The lowest BCUT2D eigenvalue weighted by atomic mass is 10.2. The summed E-state index contributed by atoms with van der Waals surface area (Å²) in [6.45, 7) is 5.25. The molecule has 0 spiro atoms. The van der Waals surface area contributed by atoms with Gasteiger partial charge in [0, 0.05) is 51.3 Å². The molecule has 1 fully saturated rings. The standard InChI is InChI=1S/C17H20N6/c1-5-18-6-2-14(1)4-8-22-9-11-23(12-10-22)17-15-3-7-19-16(15)20-13-21-17/h1-3,5-7,13H,4,8-12H2,(H,19,20,21). The van der Waals surface area contributed by atoms with Crippen LogP contribution in [0.3, 0.4) is 0 Å². The summed E-state index contributed by atoms with van der Waals surface area (Å²) in [6, 6.07) is 6.25. The maximum Gasteiger partial charge on any atom is 0.142 e. The van der Waals surface area contributed by atoms with Gasteiger partial charge in [0.25, 0.3) is 0 Å². The Hall–Kier alpha value is -2.47. The molecule has 0 unspecified atom stereocenters. The Morgan fingerprint density at radius 1 is 1.00 bits per heavy atom. The fraction of sp³-hybridized carbons (Fsp3) is 0.353. The van der Waals surface area contributed by atoms with E-state index in [1.165, 1.54) is 5.56 Å². The van der Waals surface area contributed by atoms with Crippen molar-refractivity contribution >= 4 is 16.9 Å². The van der Waals surface area contributed by atoms with Crippen LogP contribution >= 0.6 is 0 Å². The largest absolute Gasteiger partial charge is 0.353 e. The topological polar surface area (TPSA) is 60.9 Å². The zero-order chi connectivity index (χ0) is 15.5. The van der Waals surface area contributed by atoms with E-state index in [0.717, 1.165) is 56.0 Å². The number of pyridine rings is 1. The van der Waals surface area contributed by atoms with Gasteiger partial charge in [-0.05, 0) is 30.2 Å². The van der Waals surface area contributed by atoms with Crippen LogP contribution in [-0.2, 0) is 6.42 Å². The molecule has 0 saturated carbocycles. The van der Waals surface area contributed by atoms with Crippen molar-refractivity contribution in [3.63, 3.8) is 0 Å². The predicted molar refractivity (Wildman–Crippen MR) is 90.5 cm³/mol. The fourth-order valence-corrected chi connectivity index (χ4v) is 3.13. The molecule has 1 saturated heterocycles. The van der Waals surface area contributed by atoms with Crippen molar-refractivity contribution in [2.45, 2.75) is 6.42 Å². The number of rotatable bonds is 4. The number of nitrogens with zero attached hydrogens (tertiary/aromatic N) is 5. The van der Waals surface area contributed by atoms with Crippen LogP contribution in [0.25, 0.3) is 11.0 Å². The molecule has 0 aromatic carbocycles. The third-order valence-corrected chi connectivity index (χ3v) is 4.47. The number of hydrogen-bond donors (Lipinski definition) is 1. The minimum atomic E-state index is 0.912. The molecule has 1 N–H and O–H groups in total. The Morgan fingerprint density at radius 2 is 1.83 bits per heavy atom. The van der Waals surface area contributed by atoms with Gasteiger partial charge in [0.1, 0.15) is 17.8 Å². The van der Waals surface area contributed by atoms with Crippen molar-refractivity contribution < 1.29 is 0 Å². The summed E-state index contributed by atoms with van der Waals surface area (Å²) in [7, 11) is 0. The monoisotopic (exact) mass is 308 g/mol. The van der Waals surface area contributed by atoms with Crippen molar-refractivity contribution in [1.29, 1.82) is 0 Å². The van der Waals surface area contributed by atoms with Crippen molar-refractivity contribution in [2.75, 3.05) is 37.6 Å². The molecule has 6 nitrogen and oxygen atoms in total. The average Bonchev–Trinajstić information content (AvgIpc) is 3.10. The van der Waals surface area contributed by atoms with Crippen LogP contribution in [-0.4, -0.2) is 57.6 Å². The van der Waals surface area contributed by atoms with Gasteiger partial charge in [-0.2, -0.15) is 0 Å². The van der Waals surface area contributed by atoms with Crippen LogP contribution in [0.15, 0.2) is 43.1 Å². The van der Waals surface area contributed by atoms with Gasteiger partial charge in [0.2, 0.25) is 0 Å². The van der Waals surface area contributed by atoms with E-state index < -0.39 is 0 Å². The molecule has 0 aliphatic carbocycles. The zero-order valence-electron chi connectivity index (χ0n) is 13.0. The highest BCUT2D eigenvalue weighted by Crippen LogP contribution is 2.22. The third kappa shape index (κ3) is 3.03. The Labute approximate surface area is 135 Å². The molecule has 23 heavy (non-hydrogen) atoms. The number of fused-ring (bicyclic) bond motifs is 1. The molecule has 0 atom stereocenters. The highest BCUT2D eigenvalue weighted by molar-refractivity contribution is 5.87. The van der Waals surface area contributed by atoms with Crippen LogP contribution in [0.5, 0.6) is 0 Å². The van der Waals surface area contributed by atoms with Gasteiger partial charge in [-0.1, -0.05) is 0 Å². The van der Waals surface area contributed by atoms with E-state index in [2.05, 4.69) is 47.9 Å². The van der Waals surface area contributed by atoms with Gasteiger partial charge in [-0.25, -0.2) is 9.97 Å². The van der Waals surface area contributed by atoms with E-state index in [-0.39, 0.29) is 0 Å². The first-order valence-electron chi connectivity index (χ1n) is 8.04. The second-order valence-corrected chi connectivity index (χ2v) is 5.87. The van der Waals surface area contributed by atoms with E-state index in [9.17, 15) is 0 Å². The van der Waals surface area contributed by atoms with Gasteiger partial charge in [-0.3, -0.25) is 9.88 Å². The molecular formula is C17H20N6. The normalized spacial score (nSPS) is 16.1. The van der Waals surface area contributed by atoms with Crippen molar-refractivity contribution in [3.8, 4) is 0 Å². The molecule has 4 heterocycles. The maximum atomic E-state index is 4.49. The van der Waals surface area contributed by atoms with E-state index in [1.807, 2.05) is 18.6 Å². The molecule has 0 radical (unpaired) electrons. The number of aromatic nitrogens is 4. The first kappa shape index (κ1) is 14.1. The summed E-state index contributed by atoms with van der Waals surface area (Å²) in [5.41, 5.74) is 2.27. The number of hydrogen-bond acceptors (Lipinski definition) is 5. The molecule has 6 heteroatoms. The molecule has 118 valence electrons. The number of anilines is 1. The number of piperazine rings is 1. The summed E-state index contributed by atoms with van der Waals surface area (Å²) in [5, 5.41) is 1.11. The van der Waals surface area contributed by atoms with E-state index in [1.54, 1.807) is 6.33 Å². The quantitative estimate of drug-likeness (QED) is 0.795. The molecule has 3 aromatic rings. The van der Waals surface area contributed by atoms with Crippen LogP contribution in [0.1, 0.15) is 5.56 Å². The molecule has 0 bridgehead atoms. The van der Waals surface area contributed by atoms with Crippen LogP contribution < -0.4 is 4.90 Å². The van der Waals surface area contributed by atoms with Gasteiger partial charge in [0.15, 0.2) is 0 Å².